The summed E-state index contributed by atoms with van der Waals surface area (Å²) in [5.74, 6) is -0.833. The average Bonchev–Trinajstić information content (AvgIpc) is 2.47. The average molecular weight is 343 g/mol. The van der Waals surface area contributed by atoms with Crippen LogP contribution in [-0.2, 0) is 10.1 Å². The number of hydrazone groups is 1. The van der Waals surface area contributed by atoms with E-state index in [9.17, 15) is 17.8 Å². The van der Waals surface area contributed by atoms with Gasteiger partial charge in [0, 0.05) is 11.8 Å². The molecule has 0 aliphatic rings. The molecule has 0 saturated heterocycles. The Morgan fingerprint density at radius 2 is 1.96 bits per heavy atom. The molecule has 0 amide bonds. The maximum Gasteiger partial charge on any atom is 1.00 e. The first-order valence-electron chi connectivity index (χ1n) is 5.91. The van der Waals surface area contributed by atoms with E-state index in [1.54, 1.807) is 6.07 Å². The smallest absolute Gasteiger partial charge is 0.744 e. The number of hydrogen-bond donors (Lipinski definition) is 2. The van der Waals surface area contributed by atoms with Crippen molar-refractivity contribution in [2.24, 2.45) is 5.10 Å². The van der Waals surface area contributed by atoms with Crippen molar-refractivity contribution in [1.82, 2.24) is 4.98 Å². The molecule has 0 bridgehead atoms. The topological polar surface area (TPSA) is 132 Å². The zero-order valence-corrected chi connectivity index (χ0v) is 14.8. The summed E-state index contributed by atoms with van der Waals surface area (Å²) in [7, 11) is -4.59. The Labute approximate surface area is 154 Å². The van der Waals surface area contributed by atoms with Gasteiger partial charge in [-0.3, -0.25) is 5.43 Å². The van der Waals surface area contributed by atoms with Gasteiger partial charge in [-0.2, -0.15) is 5.10 Å². The Balaban J connectivity index is 0.00000264. The Kier molecular flexibility index (Phi) is 6.85. The summed E-state index contributed by atoms with van der Waals surface area (Å²) in [4.78, 5) is 14.1. The first-order chi connectivity index (χ1) is 10.4. The van der Waals surface area contributed by atoms with Crippen molar-refractivity contribution >= 4 is 28.1 Å². The molecule has 23 heavy (non-hydrogen) atoms. The predicted octanol–water partition coefficient (Wildman–Crippen LogP) is -1.87. The Morgan fingerprint density at radius 3 is 2.52 bits per heavy atom. The van der Waals surface area contributed by atoms with Crippen LogP contribution < -0.4 is 35.0 Å². The summed E-state index contributed by atoms with van der Waals surface area (Å²) in [6.07, 6.45) is 2.31. The van der Waals surface area contributed by atoms with Crippen molar-refractivity contribution < 1.29 is 52.4 Å². The third kappa shape index (κ3) is 5.41. The number of nitrogens with zero attached hydrogens (tertiary/aromatic N) is 2. The van der Waals surface area contributed by atoms with Crippen LogP contribution in [0.15, 0.2) is 52.6 Å². The van der Waals surface area contributed by atoms with Crippen LogP contribution >= 0.6 is 0 Å². The summed E-state index contributed by atoms with van der Waals surface area (Å²) in [5.41, 5.74) is 2.66. The zero-order chi connectivity index (χ0) is 16.2. The summed E-state index contributed by atoms with van der Waals surface area (Å²) >= 11 is 0. The fourth-order valence-corrected chi connectivity index (χ4v) is 2.22. The number of carboxylic acids is 1. The molecule has 0 aliphatic carbocycles. The van der Waals surface area contributed by atoms with E-state index in [-0.39, 0.29) is 51.4 Å². The number of pyridine rings is 1. The first-order valence-corrected chi connectivity index (χ1v) is 7.32. The number of carboxylic acid groups (broad SMARTS) is 1. The summed E-state index contributed by atoms with van der Waals surface area (Å²) in [6.45, 7) is 0. The van der Waals surface area contributed by atoms with Crippen molar-refractivity contribution in [3.8, 4) is 0 Å². The molecule has 1 heterocycles. The Bertz CT molecular complexity index is 822. The van der Waals surface area contributed by atoms with E-state index < -0.39 is 16.1 Å². The van der Waals surface area contributed by atoms with Crippen LogP contribution in [0.4, 0.5) is 5.82 Å². The van der Waals surface area contributed by atoms with Crippen LogP contribution in [0.25, 0.3) is 0 Å². The second-order valence-electron chi connectivity index (χ2n) is 4.10. The van der Waals surface area contributed by atoms with E-state index in [1.807, 2.05) is 0 Å². The molecule has 0 radical (unpaired) electrons. The fraction of sp³-hybridized carbons (Fsp3) is 0. The summed E-state index contributed by atoms with van der Waals surface area (Å²) < 4.78 is 33.2. The molecule has 10 heteroatoms. The van der Waals surface area contributed by atoms with Crippen molar-refractivity contribution in [3.63, 3.8) is 0 Å². The van der Waals surface area contributed by atoms with Gasteiger partial charge in [-0.15, -0.1) is 0 Å². The van der Waals surface area contributed by atoms with Gasteiger partial charge in [-0.1, -0.05) is 18.2 Å². The first kappa shape index (κ1) is 19.3. The van der Waals surface area contributed by atoms with Gasteiger partial charge in [0.15, 0.2) is 0 Å². The summed E-state index contributed by atoms with van der Waals surface area (Å²) in [5, 5.41) is 12.5. The molecule has 2 rings (SSSR count). The molecule has 0 atom stereocenters. The number of anilines is 1. The second kappa shape index (κ2) is 8.18. The normalized spacial score (nSPS) is 11.0. The van der Waals surface area contributed by atoms with Gasteiger partial charge in [-0.25, -0.2) is 18.2 Å². The van der Waals surface area contributed by atoms with Gasteiger partial charge in [0.2, 0.25) is 0 Å². The van der Waals surface area contributed by atoms with Gasteiger partial charge in [-0.05, 0) is 18.2 Å². The van der Waals surface area contributed by atoms with Gasteiger partial charge < -0.3 is 9.66 Å². The molecule has 114 valence electrons. The van der Waals surface area contributed by atoms with Crippen molar-refractivity contribution in [2.75, 3.05) is 5.43 Å². The maximum absolute atomic E-state index is 11.1. The van der Waals surface area contributed by atoms with E-state index in [2.05, 4.69) is 15.5 Å². The van der Waals surface area contributed by atoms with E-state index in [0.717, 1.165) is 12.4 Å². The minimum Gasteiger partial charge on any atom is -0.744 e. The van der Waals surface area contributed by atoms with Crippen LogP contribution in [0.2, 0.25) is 0 Å². The van der Waals surface area contributed by atoms with Gasteiger partial charge >= 0.3 is 35.5 Å². The molecule has 2 N–H and O–H groups in total. The minimum atomic E-state index is -4.59. The quantitative estimate of drug-likeness (QED) is 0.281. The molecule has 0 aliphatic heterocycles. The van der Waals surface area contributed by atoms with Crippen LogP contribution in [-0.4, -0.2) is 35.2 Å². The van der Waals surface area contributed by atoms with Crippen LogP contribution in [0.1, 0.15) is 15.9 Å². The molecule has 1 aromatic carbocycles. The molecule has 0 unspecified atom stereocenters. The minimum absolute atomic E-state index is 0. The number of hydrogen-bond acceptors (Lipinski definition) is 7. The van der Waals surface area contributed by atoms with Crippen LogP contribution in [0, 0.1) is 0 Å². The van der Waals surface area contributed by atoms with E-state index >= 15 is 0 Å². The number of carbonyl (C=O) groups is 1. The monoisotopic (exact) mass is 343 g/mol. The molecule has 0 saturated carbocycles. The van der Waals surface area contributed by atoms with E-state index in [0.29, 0.717) is 0 Å². The van der Waals surface area contributed by atoms with E-state index in [4.69, 9.17) is 5.11 Å². The Hall–Kier alpha value is -1.78. The number of rotatable bonds is 5. The maximum atomic E-state index is 11.1. The molecule has 1 aromatic heterocycles. The number of aromatic carboxylic acids is 1. The molecule has 0 spiro atoms. The van der Waals surface area contributed by atoms with Gasteiger partial charge in [0.1, 0.15) is 15.9 Å². The van der Waals surface area contributed by atoms with Crippen LogP contribution in [0.3, 0.4) is 0 Å². The largest absolute Gasteiger partial charge is 1.00 e. The molecular weight excluding hydrogens is 333 g/mol. The standard InChI is InChI=1S/C13H11N3O5S.Na/c17-13(18)10-5-6-12(14-7-10)16-15-8-9-3-1-2-4-11(9)22(19,20)21;/h1-8H,(H,14,16)(H,17,18)(H,19,20,21);/q;+1/p-1/b15-8+;. The third-order valence-corrected chi connectivity index (χ3v) is 3.49. The fourth-order valence-electron chi connectivity index (χ4n) is 1.57. The second-order valence-corrected chi connectivity index (χ2v) is 5.45. The third-order valence-electron chi connectivity index (χ3n) is 2.58. The summed E-state index contributed by atoms with van der Waals surface area (Å²) in [6, 6.07) is 8.35. The van der Waals surface area contributed by atoms with Crippen molar-refractivity contribution in [2.45, 2.75) is 4.90 Å². The number of nitrogens with one attached hydrogen (secondary N) is 1. The molecule has 8 nitrogen and oxygen atoms in total. The molecule has 2 aromatic rings. The Morgan fingerprint density at radius 1 is 1.26 bits per heavy atom. The molecule has 0 fully saturated rings. The number of benzene rings is 1. The van der Waals surface area contributed by atoms with Crippen molar-refractivity contribution in [1.29, 1.82) is 0 Å². The number of aromatic nitrogens is 1. The zero-order valence-electron chi connectivity index (χ0n) is 12.0. The SMILES string of the molecule is O=C(O)c1ccc(N/N=C/c2ccccc2S(=O)(=O)[O-])nc1.[Na+]. The molecular formula is C13H10N3NaO5S. The van der Waals surface area contributed by atoms with Crippen molar-refractivity contribution in [3.05, 3.63) is 53.7 Å². The van der Waals surface area contributed by atoms with Crippen LogP contribution in [0.5, 0.6) is 0 Å². The van der Waals surface area contributed by atoms with Gasteiger partial charge in [0.05, 0.1) is 16.7 Å². The predicted molar refractivity (Wildman–Crippen MR) is 76.8 cm³/mol. The van der Waals surface area contributed by atoms with Gasteiger partial charge in [0.25, 0.3) is 0 Å². The van der Waals surface area contributed by atoms with E-state index in [1.165, 1.54) is 30.3 Å².